The third-order valence-corrected chi connectivity index (χ3v) is 4.08. The van der Waals surface area contributed by atoms with E-state index < -0.39 is 16.8 Å². The first kappa shape index (κ1) is 19.8. The Hall–Kier alpha value is -3.51. The quantitative estimate of drug-likeness (QED) is 0.254. The molecule has 0 aliphatic heterocycles. The van der Waals surface area contributed by atoms with Crippen molar-refractivity contribution >= 4 is 45.3 Å². The largest absolute Gasteiger partial charge is 0.465 e. The average Bonchev–Trinajstić information content (AvgIpc) is 2.67. The number of hydrogen-bond acceptors (Lipinski definition) is 6. The van der Waals surface area contributed by atoms with Gasteiger partial charge in [0.25, 0.3) is 11.6 Å². The van der Waals surface area contributed by atoms with Crippen LogP contribution < -0.4 is 5.32 Å². The molecule has 0 aliphatic rings. The zero-order valence-corrected chi connectivity index (χ0v) is 15.5. The maximum atomic E-state index is 12.3. The van der Waals surface area contributed by atoms with Crippen molar-refractivity contribution < 1.29 is 19.2 Å². The molecular formula is C18H12BrN3O5. The van der Waals surface area contributed by atoms with E-state index >= 15 is 0 Å². The van der Waals surface area contributed by atoms with Crippen molar-refractivity contribution in [1.82, 2.24) is 0 Å². The molecule has 0 atom stereocenters. The van der Waals surface area contributed by atoms with Crippen LogP contribution in [0.3, 0.4) is 0 Å². The number of non-ortho nitro benzene ring substituents is 1. The monoisotopic (exact) mass is 429 g/mol. The highest BCUT2D eigenvalue weighted by Gasteiger charge is 2.14. The number of rotatable bonds is 5. The van der Waals surface area contributed by atoms with Gasteiger partial charge in [0.1, 0.15) is 11.6 Å². The first-order valence-electron chi connectivity index (χ1n) is 7.41. The molecule has 1 N–H and O–H groups in total. The fourth-order valence-corrected chi connectivity index (χ4v) is 2.52. The fraction of sp³-hybridized carbons (Fsp3) is 0.0556. The molecule has 0 unspecified atom stereocenters. The molecular weight excluding hydrogens is 418 g/mol. The number of nitrogens with zero attached hydrogens (tertiary/aromatic N) is 2. The molecule has 0 radical (unpaired) electrons. The maximum Gasteiger partial charge on any atom is 0.337 e. The highest BCUT2D eigenvalue weighted by molar-refractivity contribution is 9.10. The van der Waals surface area contributed by atoms with Gasteiger partial charge in [0, 0.05) is 16.6 Å². The van der Waals surface area contributed by atoms with Crippen molar-refractivity contribution in [3.63, 3.8) is 0 Å². The molecule has 0 aromatic heterocycles. The highest BCUT2D eigenvalue weighted by Crippen LogP contribution is 2.27. The van der Waals surface area contributed by atoms with Gasteiger partial charge in [0.05, 0.1) is 23.3 Å². The van der Waals surface area contributed by atoms with Gasteiger partial charge in [0.2, 0.25) is 0 Å². The number of halogens is 1. The topological polar surface area (TPSA) is 122 Å². The summed E-state index contributed by atoms with van der Waals surface area (Å²) in [6, 6.07) is 11.8. The molecule has 0 saturated heterocycles. The number of nitriles is 1. The van der Waals surface area contributed by atoms with Crippen LogP contribution in [0.2, 0.25) is 0 Å². The molecule has 0 aliphatic carbocycles. The molecule has 9 heteroatoms. The van der Waals surface area contributed by atoms with Gasteiger partial charge in [-0.3, -0.25) is 14.9 Å². The van der Waals surface area contributed by atoms with E-state index in [4.69, 9.17) is 0 Å². The van der Waals surface area contributed by atoms with Crippen molar-refractivity contribution in [3.05, 3.63) is 73.8 Å². The Labute approximate surface area is 162 Å². The van der Waals surface area contributed by atoms with E-state index in [1.54, 1.807) is 18.2 Å². The smallest absolute Gasteiger partial charge is 0.337 e. The zero-order chi connectivity index (χ0) is 20.0. The summed E-state index contributed by atoms with van der Waals surface area (Å²) in [6.45, 7) is 0. The summed E-state index contributed by atoms with van der Waals surface area (Å²) in [6.07, 6.45) is 1.36. The minimum atomic E-state index is -0.677. The van der Waals surface area contributed by atoms with E-state index in [9.17, 15) is 25.0 Å². The van der Waals surface area contributed by atoms with Crippen LogP contribution in [-0.2, 0) is 9.53 Å². The summed E-state index contributed by atoms with van der Waals surface area (Å²) in [5, 5.41) is 22.5. The number of nitro groups is 1. The molecule has 8 nitrogen and oxygen atoms in total. The van der Waals surface area contributed by atoms with E-state index in [2.05, 4.69) is 26.0 Å². The van der Waals surface area contributed by atoms with Crippen molar-refractivity contribution in [2.45, 2.75) is 0 Å². The van der Waals surface area contributed by atoms with Gasteiger partial charge in [-0.2, -0.15) is 5.26 Å². The standard InChI is InChI=1S/C18H12BrN3O5/c1-27-18(24)12-4-2-11(3-5-12)8-13(10-20)17(23)21-16-7-6-14(22(25)26)9-15(16)19/h2-9H,1H3,(H,21,23)/b13-8+. The van der Waals surface area contributed by atoms with Crippen molar-refractivity contribution in [2.75, 3.05) is 12.4 Å². The number of amides is 1. The number of hydrogen-bond donors (Lipinski definition) is 1. The Kier molecular flexibility index (Phi) is 6.41. The molecule has 1 amide bonds. The number of benzene rings is 2. The number of carbonyl (C=O) groups excluding carboxylic acids is 2. The molecule has 0 spiro atoms. The van der Waals surface area contributed by atoms with Gasteiger partial charge >= 0.3 is 5.97 Å². The van der Waals surface area contributed by atoms with Gasteiger partial charge in [-0.15, -0.1) is 0 Å². The molecule has 0 saturated carbocycles. The Morgan fingerprint density at radius 1 is 1.26 bits per heavy atom. The van der Waals surface area contributed by atoms with E-state index in [0.717, 1.165) is 0 Å². The first-order valence-corrected chi connectivity index (χ1v) is 8.20. The Morgan fingerprint density at radius 2 is 1.93 bits per heavy atom. The molecule has 2 aromatic rings. The summed E-state index contributed by atoms with van der Waals surface area (Å²) >= 11 is 3.14. The van der Waals surface area contributed by atoms with Crippen LogP contribution in [0.4, 0.5) is 11.4 Å². The third kappa shape index (κ3) is 4.99. The van der Waals surface area contributed by atoms with Crippen molar-refractivity contribution in [2.24, 2.45) is 0 Å². The van der Waals surface area contributed by atoms with Gasteiger partial charge in [-0.1, -0.05) is 12.1 Å². The number of carbonyl (C=O) groups is 2. The zero-order valence-electron chi connectivity index (χ0n) is 13.9. The number of anilines is 1. The lowest BCUT2D eigenvalue weighted by Gasteiger charge is -2.07. The van der Waals surface area contributed by atoms with E-state index in [0.29, 0.717) is 15.6 Å². The number of ether oxygens (including phenoxy) is 1. The normalized spacial score (nSPS) is 10.6. The number of nitro benzene ring substituents is 1. The number of esters is 1. The second kappa shape index (κ2) is 8.73. The van der Waals surface area contributed by atoms with Gasteiger partial charge < -0.3 is 10.1 Å². The van der Waals surface area contributed by atoms with Crippen LogP contribution >= 0.6 is 15.9 Å². The van der Waals surface area contributed by atoms with E-state index in [-0.39, 0.29) is 16.9 Å². The molecule has 0 fully saturated rings. The fourth-order valence-electron chi connectivity index (χ4n) is 2.06. The van der Waals surface area contributed by atoms with Crippen LogP contribution in [-0.4, -0.2) is 23.9 Å². The van der Waals surface area contributed by atoms with Crippen molar-refractivity contribution in [1.29, 1.82) is 5.26 Å². The lowest BCUT2D eigenvalue weighted by Crippen LogP contribution is -2.14. The van der Waals surface area contributed by atoms with Crippen LogP contribution in [0.25, 0.3) is 6.08 Å². The summed E-state index contributed by atoms with van der Waals surface area (Å²) in [5.41, 5.74) is 0.852. The lowest BCUT2D eigenvalue weighted by molar-refractivity contribution is -0.384. The van der Waals surface area contributed by atoms with E-state index in [1.807, 2.05) is 0 Å². The Morgan fingerprint density at radius 3 is 2.44 bits per heavy atom. The second-order valence-corrected chi connectivity index (χ2v) is 6.01. The minimum Gasteiger partial charge on any atom is -0.465 e. The SMILES string of the molecule is COC(=O)c1ccc(/C=C(\C#N)C(=O)Nc2ccc([N+](=O)[O-])cc2Br)cc1. The van der Waals surface area contributed by atoms with Crippen LogP contribution in [0.15, 0.2) is 52.5 Å². The number of methoxy groups -OCH3 is 1. The first-order chi connectivity index (χ1) is 12.8. The highest BCUT2D eigenvalue weighted by atomic mass is 79.9. The summed E-state index contributed by atoms with van der Waals surface area (Å²) < 4.78 is 4.91. The Bertz CT molecular complexity index is 977. The molecule has 136 valence electrons. The predicted molar refractivity (Wildman–Crippen MR) is 101 cm³/mol. The lowest BCUT2D eigenvalue weighted by atomic mass is 10.1. The summed E-state index contributed by atoms with van der Waals surface area (Å²) in [5.74, 6) is -1.17. The maximum absolute atomic E-state index is 12.3. The van der Waals surface area contributed by atoms with Crippen LogP contribution in [0.1, 0.15) is 15.9 Å². The average molecular weight is 430 g/mol. The molecule has 0 heterocycles. The summed E-state index contributed by atoms with van der Waals surface area (Å²) in [4.78, 5) is 33.9. The molecule has 0 bridgehead atoms. The molecule has 2 rings (SSSR count). The third-order valence-electron chi connectivity index (χ3n) is 3.42. The van der Waals surface area contributed by atoms with Crippen LogP contribution in [0, 0.1) is 21.4 Å². The Balaban J connectivity index is 2.21. The van der Waals surface area contributed by atoms with E-state index in [1.165, 1.54) is 43.5 Å². The van der Waals surface area contributed by atoms with Crippen LogP contribution in [0.5, 0.6) is 0 Å². The number of nitrogens with one attached hydrogen (secondary N) is 1. The van der Waals surface area contributed by atoms with Gasteiger partial charge in [-0.05, 0) is 45.8 Å². The minimum absolute atomic E-state index is 0.137. The molecule has 2 aromatic carbocycles. The van der Waals surface area contributed by atoms with Gasteiger partial charge in [0.15, 0.2) is 0 Å². The van der Waals surface area contributed by atoms with Gasteiger partial charge in [-0.25, -0.2) is 4.79 Å². The summed E-state index contributed by atoms with van der Waals surface area (Å²) in [7, 11) is 1.27. The van der Waals surface area contributed by atoms with Crippen molar-refractivity contribution in [3.8, 4) is 6.07 Å². The second-order valence-electron chi connectivity index (χ2n) is 5.16. The predicted octanol–water partition coefficient (Wildman–Crippen LogP) is 3.69. The molecule has 27 heavy (non-hydrogen) atoms.